The van der Waals surface area contributed by atoms with Crippen LogP contribution in [0.15, 0.2) is 46.9 Å². The number of amides is 2. The Kier molecular flexibility index (Phi) is 6.73. The quantitative estimate of drug-likeness (QED) is 0.761. The molecule has 1 aliphatic heterocycles. The van der Waals surface area contributed by atoms with Crippen LogP contribution < -0.4 is 10.1 Å². The second-order valence-electron chi connectivity index (χ2n) is 7.13. The lowest BCUT2D eigenvalue weighted by Gasteiger charge is -2.32. The van der Waals surface area contributed by atoms with Gasteiger partial charge in [0.05, 0.1) is 0 Å². The summed E-state index contributed by atoms with van der Waals surface area (Å²) in [6.45, 7) is 5.27. The Balaban J connectivity index is 1.45. The van der Waals surface area contributed by atoms with Crippen LogP contribution >= 0.6 is 15.9 Å². The molecule has 1 fully saturated rings. The minimum absolute atomic E-state index is 0.00147. The average Bonchev–Trinajstić information content (AvgIpc) is 2.69. The lowest BCUT2D eigenvalue weighted by atomic mass is 10.0. The molecule has 148 valence electrons. The molecule has 0 saturated carbocycles. The van der Waals surface area contributed by atoms with Gasteiger partial charge in [0.1, 0.15) is 5.75 Å². The SMILES string of the molecule is Cc1cccc(OCC(=O)NC2CCN(C(=O)c3cccc(Br)c3)CC2)c1C. The number of rotatable bonds is 5. The first kappa shape index (κ1) is 20.4. The number of likely N-dealkylation sites (tertiary alicyclic amines) is 1. The summed E-state index contributed by atoms with van der Waals surface area (Å²) in [4.78, 5) is 26.7. The van der Waals surface area contributed by atoms with Crippen molar-refractivity contribution in [3.8, 4) is 5.75 Å². The van der Waals surface area contributed by atoms with Crippen LogP contribution in [0, 0.1) is 13.8 Å². The predicted molar refractivity (Wildman–Crippen MR) is 113 cm³/mol. The van der Waals surface area contributed by atoms with Gasteiger partial charge in [-0.05, 0) is 62.1 Å². The van der Waals surface area contributed by atoms with Gasteiger partial charge < -0.3 is 15.0 Å². The normalized spacial score (nSPS) is 14.6. The first-order valence-corrected chi connectivity index (χ1v) is 10.3. The molecule has 2 aromatic carbocycles. The molecule has 0 spiro atoms. The summed E-state index contributed by atoms with van der Waals surface area (Å²) in [6.07, 6.45) is 1.49. The zero-order valence-electron chi connectivity index (χ0n) is 16.2. The van der Waals surface area contributed by atoms with E-state index in [1.807, 2.05) is 61.2 Å². The number of nitrogens with one attached hydrogen (secondary N) is 1. The van der Waals surface area contributed by atoms with E-state index in [2.05, 4.69) is 21.2 Å². The maximum absolute atomic E-state index is 12.6. The first-order valence-electron chi connectivity index (χ1n) is 9.47. The van der Waals surface area contributed by atoms with Crippen molar-refractivity contribution in [1.82, 2.24) is 10.2 Å². The van der Waals surface area contributed by atoms with Crippen LogP contribution in [0.3, 0.4) is 0 Å². The van der Waals surface area contributed by atoms with Crippen LogP contribution in [0.5, 0.6) is 5.75 Å². The second-order valence-corrected chi connectivity index (χ2v) is 8.05. The third-order valence-corrected chi connectivity index (χ3v) is 5.63. The van der Waals surface area contributed by atoms with E-state index in [9.17, 15) is 9.59 Å². The van der Waals surface area contributed by atoms with Crippen molar-refractivity contribution in [3.05, 3.63) is 63.6 Å². The van der Waals surface area contributed by atoms with E-state index in [-0.39, 0.29) is 24.5 Å². The van der Waals surface area contributed by atoms with E-state index in [4.69, 9.17) is 4.74 Å². The highest BCUT2D eigenvalue weighted by atomic mass is 79.9. The van der Waals surface area contributed by atoms with Crippen LogP contribution in [-0.2, 0) is 4.79 Å². The van der Waals surface area contributed by atoms with Gasteiger partial charge in [-0.3, -0.25) is 9.59 Å². The van der Waals surface area contributed by atoms with Gasteiger partial charge in [0.15, 0.2) is 6.61 Å². The first-order chi connectivity index (χ1) is 13.4. The molecule has 0 aliphatic carbocycles. The van der Waals surface area contributed by atoms with E-state index in [0.29, 0.717) is 18.7 Å². The summed E-state index contributed by atoms with van der Waals surface area (Å²) in [5.41, 5.74) is 2.87. The lowest BCUT2D eigenvalue weighted by molar-refractivity contribution is -0.124. The van der Waals surface area contributed by atoms with Gasteiger partial charge >= 0.3 is 0 Å². The molecule has 1 N–H and O–H groups in total. The predicted octanol–water partition coefficient (Wildman–Crippen LogP) is 3.87. The maximum atomic E-state index is 12.6. The Morgan fingerprint density at radius 1 is 1.14 bits per heavy atom. The molecule has 1 saturated heterocycles. The molecule has 1 heterocycles. The molecule has 6 heteroatoms. The van der Waals surface area contributed by atoms with Gasteiger partial charge in [-0.2, -0.15) is 0 Å². The summed E-state index contributed by atoms with van der Waals surface area (Å²) in [6, 6.07) is 13.3. The fourth-order valence-corrected chi connectivity index (χ4v) is 3.72. The number of carbonyl (C=O) groups excluding carboxylic acids is 2. The largest absolute Gasteiger partial charge is 0.483 e. The third-order valence-electron chi connectivity index (χ3n) is 5.13. The monoisotopic (exact) mass is 444 g/mol. The van der Waals surface area contributed by atoms with Crippen LogP contribution in [0.25, 0.3) is 0 Å². The van der Waals surface area contributed by atoms with Crippen molar-refractivity contribution >= 4 is 27.7 Å². The summed E-state index contributed by atoms with van der Waals surface area (Å²) >= 11 is 3.40. The van der Waals surface area contributed by atoms with Crippen molar-refractivity contribution in [3.63, 3.8) is 0 Å². The Labute approximate surface area is 174 Å². The molecular weight excluding hydrogens is 420 g/mol. The Bertz CT molecular complexity index is 861. The number of benzene rings is 2. The third kappa shape index (κ3) is 5.13. The number of ether oxygens (including phenoxy) is 1. The molecule has 0 unspecified atom stereocenters. The highest BCUT2D eigenvalue weighted by Gasteiger charge is 2.24. The lowest BCUT2D eigenvalue weighted by Crippen LogP contribution is -2.47. The minimum Gasteiger partial charge on any atom is -0.483 e. The van der Waals surface area contributed by atoms with Crippen LogP contribution in [0.4, 0.5) is 0 Å². The van der Waals surface area contributed by atoms with Gasteiger partial charge in [-0.15, -0.1) is 0 Å². The standard InChI is InChI=1S/C22H25BrN2O3/c1-15-5-3-8-20(16(15)2)28-14-21(26)24-19-9-11-25(12-10-19)22(27)17-6-4-7-18(23)13-17/h3-8,13,19H,9-12,14H2,1-2H3,(H,24,26). The van der Waals surface area contributed by atoms with Crippen molar-refractivity contribution < 1.29 is 14.3 Å². The van der Waals surface area contributed by atoms with Gasteiger partial charge in [-0.25, -0.2) is 0 Å². The second kappa shape index (κ2) is 9.24. The average molecular weight is 445 g/mol. The zero-order valence-corrected chi connectivity index (χ0v) is 17.8. The minimum atomic E-state index is -0.127. The highest BCUT2D eigenvalue weighted by Crippen LogP contribution is 2.20. The Morgan fingerprint density at radius 3 is 2.57 bits per heavy atom. The molecular formula is C22H25BrN2O3. The van der Waals surface area contributed by atoms with E-state index in [1.54, 1.807) is 0 Å². The molecule has 3 rings (SSSR count). The van der Waals surface area contributed by atoms with Crippen LogP contribution in [0.1, 0.15) is 34.3 Å². The number of hydrogen-bond donors (Lipinski definition) is 1. The summed E-state index contributed by atoms with van der Waals surface area (Å²) in [5.74, 6) is 0.645. The molecule has 0 bridgehead atoms. The number of hydrogen-bond acceptors (Lipinski definition) is 3. The smallest absolute Gasteiger partial charge is 0.258 e. The molecule has 0 atom stereocenters. The van der Waals surface area contributed by atoms with Crippen molar-refractivity contribution in [1.29, 1.82) is 0 Å². The maximum Gasteiger partial charge on any atom is 0.258 e. The Morgan fingerprint density at radius 2 is 1.86 bits per heavy atom. The van der Waals surface area contributed by atoms with Crippen molar-refractivity contribution in [2.24, 2.45) is 0 Å². The number of carbonyl (C=O) groups is 2. The molecule has 0 aromatic heterocycles. The molecule has 28 heavy (non-hydrogen) atoms. The molecule has 1 aliphatic rings. The van der Waals surface area contributed by atoms with E-state index >= 15 is 0 Å². The van der Waals surface area contributed by atoms with Gasteiger partial charge in [0.25, 0.3) is 11.8 Å². The summed E-state index contributed by atoms with van der Waals surface area (Å²) in [5, 5.41) is 3.02. The zero-order chi connectivity index (χ0) is 20.1. The van der Waals surface area contributed by atoms with Gasteiger partial charge in [-0.1, -0.05) is 34.1 Å². The Hall–Kier alpha value is -2.34. The number of nitrogens with zero attached hydrogens (tertiary/aromatic N) is 1. The van der Waals surface area contributed by atoms with Crippen molar-refractivity contribution in [2.45, 2.75) is 32.7 Å². The van der Waals surface area contributed by atoms with E-state index < -0.39 is 0 Å². The number of piperidine rings is 1. The highest BCUT2D eigenvalue weighted by molar-refractivity contribution is 9.10. The van der Waals surface area contributed by atoms with Crippen LogP contribution in [0.2, 0.25) is 0 Å². The fourth-order valence-electron chi connectivity index (χ4n) is 3.32. The van der Waals surface area contributed by atoms with Crippen molar-refractivity contribution in [2.75, 3.05) is 19.7 Å². The summed E-state index contributed by atoms with van der Waals surface area (Å²) < 4.78 is 6.56. The van der Waals surface area contributed by atoms with Crippen LogP contribution in [-0.4, -0.2) is 42.5 Å². The van der Waals surface area contributed by atoms with E-state index in [1.165, 1.54) is 0 Å². The van der Waals surface area contributed by atoms with Gasteiger partial charge in [0.2, 0.25) is 0 Å². The van der Waals surface area contributed by atoms with Gasteiger partial charge in [0, 0.05) is 29.2 Å². The molecule has 0 radical (unpaired) electrons. The molecule has 2 aromatic rings. The topological polar surface area (TPSA) is 58.6 Å². The number of halogens is 1. The van der Waals surface area contributed by atoms with E-state index in [0.717, 1.165) is 34.2 Å². The summed E-state index contributed by atoms with van der Waals surface area (Å²) in [7, 11) is 0. The number of aryl methyl sites for hydroxylation is 1. The molecule has 5 nitrogen and oxygen atoms in total. The molecule has 2 amide bonds. The fraction of sp³-hybridized carbons (Fsp3) is 0.364.